The topological polar surface area (TPSA) is 21.3 Å². The van der Waals surface area contributed by atoms with Crippen LogP contribution >= 0.6 is 0 Å². The number of aryl methyl sites for hydroxylation is 1. The molecule has 1 saturated carbocycles. The average Bonchev–Trinajstić information content (AvgIpc) is 3.08. The molecule has 1 aliphatic carbocycles. The molecule has 0 bridgehead atoms. The van der Waals surface area contributed by atoms with Gasteiger partial charge in [0.1, 0.15) is 12.4 Å². The highest BCUT2D eigenvalue weighted by molar-refractivity contribution is 5.38. The van der Waals surface area contributed by atoms with E-state index in [0.717, 1.165) is 24.9 Å². The van der Waals surface area contributed by atoms with Gasteiger partial charge in [0.25, 0.3) is 0 Å². The molecular formula is C16H25NO. The predicted octanol–water partition coefficient (Wildman–Crippen LogP) is 3.42. The second-order valence-corrected chi connectivity index (χ2v) is 6.31. The fourth-order valence-electron chi connectivity index (χ4n) is 1.99. The molecule has 18 heavy (non-hydrogen) atoms. The Morgan fingerprint density at radius 2 is 2.00 bits per heavy atom. The molecule has 0 spiro atoms. The summed E-state index contributed by atoms with van der Waals surface area (Å²) >= 11 is 0. The Morgan fingerprint density at radius 3 is 2.56 bits per heavy atom. The van der Waals surface area contributed by atoms with Crippen molar-refractivity contribution in [2.45, 2.75) is 52.0 Å². The first kappa shape index (κ1) is 13.4. The maximum absolute atomic E-state index is 5.82. The molecule has 1 aromatic carbocycles. The van der Waals surface area contributed by atoms with Crippen molar-refractivity contribution in [3.63, 3.8) is 0 Å². The van der Waals surface area contributed by atoms with E-state index in [1.165, 1.54) is 24.0 Å². The first-order valence-electron chi connectivity index (χ1n) is 6.94. The third kappa shape index (κ3) is 3.74. The smallest absolute Gasteiger partial charge is 0.122 e. The number of benzene rings is 1. The molecule has 1 N–H and O–H groups in total. The van der Waals surface area contributed by atoms with Gasteiger partial charge in [-0.05, 0) is 42.4 Å². The van der Waals surface area contributed by atoms with Gasteiger partial charge in [-0.25, -0.2) is 0 Å². The standard InChI is InChI=1S/C16H25NO/c1-12-11-13(16(2,3)4)5-8-15(12)18-10-9-17-14-6-7-14/h5,8,11,14,17H,6-7,9-10H2,1-4H3. The van der Waals surface area contributed by atoms with E-state index < -0.39 is 0 Å². The minimum absolute atomic E-state index is 0.205. The van der Waals surface area contributed by atoms with Gasteiger partial charge in [-0.15, -0.1) is 0 Å². The molecule has 1 fully saturated rings. The highest BCUT2D eigenvalue weighted by Gasteiger charge is 2.19. The van der Waals surface area contributed by atoms with E-state index >= 15 is 0 Å². The van der Waals surface area contributed by atoms with Crippen LogP contribution in [0.5, 0.6) is 5.75 Å². The zero-order chi connectivity index (χ0) is 13.2. The minimum Gasteiger partial charge on any atom is -0.492 e. The van der Waals surface area contributed by atoms with Crippen molar-refractivity contribution in [2.24, 2.45) is 0 Å². The van der Waals surface area contributed by atoms with Gasteiger partial charge in [0.2, 0.25) is 0 Å². The number of nitrogens with one attached hydrogen (secondary N) is 1. The van der Waals surface area contributed by atoms with Crippen LogP contribution in [0.4, 0.5) is 0 Å². The molecule has 100 valence electrons. The highest BCUT2D eigenvalue weighted by Crippen LogP contribution is 2.27. The van der Waals surface area contributed by atoms with Gasteiger partial charge >= 0.3 is 0 Å². The first-order valence-corrected chi connectivity index (χ1v) is 6.94. The zero-order valence-electron chi connectivity index (χ0n) is 12.0. The van der Waals surface area contributed by atoms with E-state index in [1.54, 1.807) is 0 Å². The lowest BCUT2D eigenvalue weighted by Gasteiger charge is -2.20. The molecule has 0 heterocycles. The summed E-state index contributed by atoms with van der Waals surface area (Å²) in [5.41, 5.74) is 2.80. The Bertz CT molecular complexity index is 402. The van der Waals surface area contributed by atoms with Crippen molar-refractivity contribution >= 4 is 0 Å². The Hall–Kier alpha value is -1.02. The third-order valence-corrected chi connectivity index (χ3v) is 3.41. The largest absolute Gasteiger partial charge is 0.492 e. The van der Waals surface area contributed by atoms with Crippen molar-refractivity contribution < 1.29 is 4.74 Å². The number of hydrogen-bond acceptors (Lipinski definition) is 2. The van der Waals surface area contributed by atoms with E-state index in [1.807, 2.05) is 0 Å². The van der Waals surface area contributed by atoms with E-state index in [2.05, 4.69) is 51.2 Å². The van der Waals surface area contributed by atoms with Crippen LogP contribution in [-0.4, -0.2) is 19.2 Å². The van der Waals surface area contributed by atoms with Gasteiger partial charge in [-0.3, -0.25) is 0 Å². The average molecular weight is 247 g/mol. The van der Waals surface area contributed by atoms with Crippen molar-refractivity contribution in [1.82, 2.24) is 5.32 Å². The van der Waals surface area contributed by atoms with Crippen LogP contribution in [-0.2, 0) is 5.41 Å². The lowest BCUT2D eigenvalue weighted by Crippen LogP contribution is -2.23. The monoisotopic (exact) mass is 247 g/mol. The summed E-state index contributed by atoms with van der Waals surface area (Å²) in [7, 11) is 0. The van der Waals surface area contributed by atoms with Crippen LogP contribution in [0.3, 0.4) is 0 Å². The van der Waals surface area contributed by atoms with Crippen LogP contribution < -0.4 is 10.1 Å². The van der Waals surface area contributed by atoms with Gasteiger partial charge in [0.15, 0.2) is 0 Å². The predicted molar refractivity (Wildman–Crippen MR) is 76.4 cm³/mol. The summed E-state index contributed by atoms with van der Waals surface area (Å²) in [6.45, 7) is 10.5. The molecule has 1 aromatic rings. The van der Waals surface area contributed by atoms with Gasteiger partial charge in [0, 0.05) is 12.6 Å². The third-order valence-electron chi connectivity index (χ3n) is 3.41. The fraction of sp³-hybridized carbons (Fsp3) is 0.625. The van der Waals surface area contributed by atoms with Crippen molar-refractivity contribution in [1.29, 1.82) is 0 Å². The van der Waals surface area contributed by atoms with Crippen LogP contribution in [0.2, 0.25) is 0 Å². The lowest BCUT2D eigenvalue weighted by atomic mass is 9.86. The molecule has 2 rings (SSSR count). The second-order valence-electron chi connectivity index (χ2n) is 6.31. The van der Waals surface area contributed by atoms with Crippen molar-refractivity contribution in [3.05, 3.63) is 29.3 Å². The van der Waals surface area contributed by atoms with Crippen LogP contribution in [0, 0.1) is 6.92 Å². The number of hydrogen-bond donors (Lipinski definition) is 1. The summed E-state index contributed by atoms with van der Waals surface area (Å²) < 4.78 is 5.82. The van der Waals surface area contributed by atoms with E-state index in [0.29, 0.717) is 0 Å². The van der Waals surface area contributed by atoms with Crippen LogP contribution in [0.1, 0.15) is 44.7 Å². The number of rotatable bonds is 5. The maximum atomic E-state index is 5.82. The summed E-state index contributed by atoms with van der Waals surface area (Å²) in [4.78, 5) is 0. The second kappa shape index (κ2) is 5.31. The highest BCUT2D eigenvalue weighted by atomic mass is 16.5. The summed E-state index contributed by atoms with van der Waals surface area (Å²) in [5.74, 6) is 1.01. The van der Waals surface area contributed by atoms with E-state index in [4.69, 9.17) is 4.74 Å². The summed E-state index contributed by atoms with van der Waals surface area (Å²) in [6, 6.07) is 7.28. The van der Waals surface area contributed by atoms with Crippen LogP contribution in [0.25, 0.3) is 0 Å². The van der Waals surface area contributed by atoms with Gasteiger partial charge < -0.3 is 10.1 Å². The Balaban J connectivity index is 1.88. The quantitative estimate of drug-likeness (QED) is 0.805. The normalized spacial score (nSPS) is 15.8. The molecule has 0 radical (unpaired) electrons. The molecule has 0 aliphatic heterocycles. The molecule has 0 amide bonds. The molecule has 2 nitrogen and oxygen atoms in total. The Kier molecular flexibility index (Phi) is 3.96. The van der Waals surface area contributed by atoms with Crippen LogP contribution in [0.15, 0.2) is 18.2 Å². The minimum atomic E-state index is 0.205. The first-order chi connectivity index (χ1) is 8.47. The van der Waals surface area contributed by atoms with E-state index in [9.17, 15) is 0 Å². The summed E-state index contributed by atoms with van der Waals surface area (Å²) in [5, 5.41) is 3.46. The zero-order valence-corrected chi connectivity index (χ0v) is 12.0. The van der Waals surface area contributed by atoms with E-state index in [-0.39, 0.29) is 5.41 Å². The van der Waals surface area contributed by atoms with Gasteiger partial charge in [0.05, 0.1) is 0 Å². The maximum Gasteiger partial charge on any atom is 0.122 e. The molecule has 0 atom stereocenters. The molecule has 0 saturated heterocycles. The van der Waals surface area contributed by atoms with Gasteiger partial charge in [-0.1, -0.05) is 32.9 Å². The molecule has 0 aromatic heterocycles. The molecule has 2 heteroatoms. The molecular weight excluding hydrogens is 222 g/mol. The number of ether oxygens (including phenoxy) is 1. The fourth-order valence-corrected chi connectivity index (χ4v) is 1.99. The molecule has 1 aliphatic rings. The Labute approximate surface area is 111 Å². The Morgan fingerprint density at radius 1 is 1.28 bits per heavy atom. The summed E-state index contributed by atoms with van der Waals surface area (Å²) in [6.07, 6.45) is 2.67. The SMILES string of the molecule is Cc1cc(C(C)(C)C)ccc1OCCNC1CC1. The van der Waals surface area contributed by atoms with Crippen molar-refractivity contribution in [3.8, 4) is 5.75 Å². The van der Waals surface area contributed by atoms with Gasteiger partial charge in [-0.2, -0.15) is 0 Å². The molecule has 0 unspecified atom stereocenters. The van der Waals surface area contributed by atoms with Crippen molar-refractivity contribution in [2.75, 3.05) is 13.2 Å². The lowest BCUT2D eigenvalue weighted by molar-refractivity contribution is 0.311.